The molecule has 0 saturated carbocycles. The molecule has 1 N–H and O–H groups in total. The van der Waals surface area contributed by atoms with Crippen molar-refractivity contribution in [3.05, 3.63) is 12.4 Å². The second-order valence-corrected chi connectivity index (χ2v) is 3.89. The lowest BCUT2D eigenvalue weighted by Crippen LogP contribution is -2.26. The van der Waals surface area contributed by atoms with Crippen LogP contribution in [0.3, 0.4) is 0 Å². The summed E-state index contributed by atoms with van der Waals surface area (Å²) >= 11 is 0. The van der Waals surface area contributed by atoms with E-state index in [1.807, 2.05) is 13.1 Å². The van der Waals surface area contributed by atoms with Crippen molar-refractivity contribution in [1.82, 2.24) is 9.97 Å². The maximum atomic E-state index is 4.24. The number of anilines is 2. The van der Waals surface area contributed by atoms with E-state index in [1.54, 1.807) is 6.33 Å². The van der Waals surface area contributed by atoms with E-state index in [0.29, 0.717) is 6.04 Å². The normalized spacial score (nSPS) is 10.5. The number of aromatic nitrogens is 2. The average molecular weight is 208 g/mol. The van der Waals surface area contributed by atoms with Crippen LogP contribution in [0.15, 0.2) is 12.4 Å². The van der Waals surface area contributed by atoms with Gasteiger partial charge in [0.05, 0.1) is 0 Å². The highest BCUT2D eigenvalue weighted by Crippen LogP contribution is 2.14. The highest BCUT2D eigenvalue weighted by Gasteiger charge is 2.06. The molecule has 1 aromatic heterocycles. The SMILES string of the molecule is CCCNc1cc(N(C)C(C)C)ncn1. The molecular weight excluding hydrogens is 188 g/mol. The lowest BCUT2D eigenvalue weighted by atomic mass is 10.3. The minimum atomic E-state index is 0.443. The molecule has 4 nitrogen and oxygen atoms in total. The van der Waals surface area contributed by atoms with Gasteiger partial charge in [-0.3, -0.25) is 0 Å². The molecule has 1 aromatic rings. The van der Waals surface area contributed by atoms with Crippen molar-refractivity contribution in [2.45, 2.75) is 33.2 Å². The zero-order chi connectivity index (χ0) is 11.3. The van der Waals surface area contributed by atoms with Gasteiger partial charge < -0.3 is 10.2 Å². The van der Waals surface area contributed by atoms with Crippen LogP contribution in [-0.2, 0) is 0 Å². The van der Waals surface area contributed by atoms with E-state index in [1.165, 1.54) is 0 Å². The Balaban J connectivity index is 2.73. The summed E-state index contributed by atoms with van der Waals surface area (Å²) in [5.74, 6) is 1.85. The summed E-state index contributed by atoms with van der Waals surface area (Å²) < 4.78 is 0. The lowest BCUT2D eigenvalue weighted by molar-refractivity contribution is 0.741. The molecule has 0 radical (unpaired) electrons. The van der Waals surface area contributed by atoms with Crippen LogP contribution in [0.5, 0.6) is 0 Å². The second-order valence-electron chi connectivity index (χ2n) is 3.89. The number of rotatable bonds is 5. The zero-order valence-corrected chi connectivity index (χ0v) is 9.99. The number of nitrogens with zero attached hydrogens (tertiary/aromatic N) is 3. The number of hydrogen-bond acceptors (Lipinski definition) is 4. The Morgan fingerprint density at radius 2 is 2.13 bits per heavy atom. The van der Waals surface area contributed by atoms with Gasteiger partial charge in [-0.05, 0) is 20.3 Å². The highest BCUT2D eigenvalue weighted by atomic mass is 15.2. The van der Waals surface area contributed by atoms with Crippen LogP contribution in [0.25, 0.3) is 0 Å². The van der Waals surface area contributed by atoms with E-state index >= 15 is 0 Å². The average Bonchev–Trinajstić information content (AvgIpc) is 2.25. The van der Waals surface area contributed by atoms with Crippen molar-refractivity contribution >= 4 is 11.6 Å². The molecule has 0 aliphatic heterocycles. The van der Waals surface area contributed by atoms with Gasteiger partial charge >= 0.3 is 0 Å². The molecule has 0 bridgehead atoms. The molecular formula is C11H20N4. The van der Waals surface area contributed by atoms with Crippen molar-refractivity contribution in [2.24, 2.45) is 0 Å². The van der Waals surface area contributed by atoms with Gasteiger partial charge in [-0.2, -0.15) is 0 Å². The summed E-state index contributed by atoms with van der Waals surface area (Å²) in [6.07, 6.45) is 2.70. The smallest absolute Gasteiger partial charge is 0.134 e. The van der Waals surface area contributed by atoms with E-state index in [-0.39, 0.29) is 0 Å². The molecule has 15 heavy (non-hydrogen) atoms. The van der Waals surface area contributed by atoms with Crippen molar-refractivity contribution in [3.8, 4) is 0 Å². The van der Waals surface area contributed by atoms with Crippen molar-refractivity contribution < 1.29 is 0 Å². The van der Waals surface area contributed by atoms with Gasteiger partial charge in [-0.1, -0.05) is 6.92 Å². The van der Waals surface area contributed by atoms with E-state index in [4.69, 9.17) is 0 Å². The Hall–Kier alpha value is -1.32. The van der Waals surface area contributed by atoms with Crippen LogP contribution < -0.4 is 10.2 Å². The molecule has 0 amide bonds. The van der Waals surface area contributed by atoms with Crippen LogP contribution in [0, 0.1) is 0 Å². The molecule has 0 aromatic carbocycles. The van der Waals surface area contributed by atoms with Crippen molar-refractivity contribution in [3.63, 3.8) is 0 Å². The van der Waals surface area contributed by atoms with Gasteiger partial charge in [0, 0.05) is 25.7 Å². The van der Waals surface area contributed by atoms with Crippen LogP contribution in [0.2, 0.25) is 0 Å². The topological polar surface area (TPSA) is 41.0 Å². The molecule has 0 aliphatic rings. The zero-order valence-electron chi connectivity index (χ0n) is 9.99. The largest absolute Gasteiger partial charge is 0.370 e. The molecule has 0 fully saturated rings. The first-order chi connectivity index (χ1) is 7.15. The number of nitrogens with one attached hydrogen (secondary N) is 1. The summed E-state index contributed by atoms with van der Waals surface area (Å²) in [6.45, 7) is 7.36. The first-order valence-electron chi connectivity index (χ1n) is 5.44. The maximum Gasteiger partial charge on any atom is 0.134 e. The van der Waals surface area contributed by atoms with Crippen LogP contribution in [0.1, 0.15) is 27.2 Å². The predicted molar refractivity (Wildman–Crippen MR) is 64.4 cm³/mol. The van der Waals surface area contributed by atoms with Gasteiger partial charge in [0.15, 0.2) is 0 Å². The summed E-state index contributed by atoms with van der Waals surface area (Å²) in [6, 6.07) is 2.43. The van der Waals surface area contributed by atoms with Gasteiger partial charge in [0.1, 0.15) is 18.0 Å². The molecule has 0 saturated heterocycles. The standard InChI is InChI=1S/C11H20N4/c1-5-6-12-10-7-11(14-8-13-10)15(4)9(2)3/h7-9H,5-6H2,1-4H3,(H,12,13,14). The molecule has 0 unspecified atom stereocenters. The fourth-order valence-electron chi connectivity index (χ4n) is 1.15. The van der Waals surface area contributed by atoms with Crippen LogP contribution in [0.4, 0.5) is 11.6 Å². The van der Waals surface area contributed by atoms with E-state index in [2.05, 4.69) is 41.0 Å². The Labute approximate surface area is 91.7 Å². The Morgan fingerprint density at radius 1 is 1.40 bits per heavy atom. The third kappa shape index (κ3) is 3.38. The molecule has 0 spiro atoms. The Morgan fingerprint density at radius 3 is 2.73 bits per heavy atom. The minimum Gasteiger partial charge on any atom is -0.370 e. The van der Waals surface area contributed by atoms with Crippen LogP contribution >= 0.6 is 0 Å². The van der Waals surface area contributed by atoms with Crippen molar-refractivity contribution in [2.75, 3.05) is 23.8 Å². The van der Waals surface area contributed by atoms with E-state index < -0.39 is 0 Å². The summed E-state index contributed by atoms with van der Waals surface area (Å²) in [7, 11) is 2.04. The third-order valence-electron chi connectivity index (χ3n) is 2.34. The Kier molecular flexibility index (Phi) is 4.34. The van der Waals surface area contributed by atoms with Gasteiger partial charge in [-0.15, -0.1) is 0 Å². The minimum absolute atomic E-state index is 0.443. The second kappa shape index (κ2) is 5.53. The van der Waals surface area contributed by atoms with Crippen molar-refractivity contribution in [1.29, 1.82) is 0 Å². The predicted octanol–water partition coefficient (Wildman–Crippen LogP) is 2.14. The Bertz CT molecular complexity index is 298. The quantitative estimate of drug-likeness (QED) is 0.805. The first kappa shape index (κ1) is 11.8. The first-order valence-corrected chi connectivity index (χ1v) is 5.44. The lowest BCUT2D eigenvalue weighted by Gasteiger charge is -2.22. The fourth-order valence-corrected chi connectivity index (χ4v) is 1.15. The van der Waals surface area contributed by atoms with Gasteiger partial charge in [0.2, 0.25) is 0 Å². The summed E-state index contributed by atoms with van der Waals surface area (Å²) in [5.41, 5.74) is 0. The highest BCUT2D eigenvalue weighted by molar-refractivity contribution is 5.48. The van der Waals surface area contributed by atoms with E-state index in [0.717, 1.165) is 24.6 Å². The van der Waals surface area contributed by atoms with Gasteiger partial charge in [0.25, 0.3) is 0 Å². The summed E-state index contributed by atoms with van der Waals surface area (Å²) in [5, 5.41) is 3.25. The molecule has 1 heterocycles. The molecule has 4 heteroatoms. The molecule has 84 valence electrons. The summed E-state index contributed by atoms with van der Waals surface area (Å²) in [4.78, 5) is 10.5. The molecule has 0 aliphatic carbocycles. The van der Waals surface area contributed by atoms with Crippen LogP contribution in [-0.4, -0.2) is 29.6 Å². The molecule has 0 atom stereocenters. The van der Waals surface area contributed by atoms with Gasteiger partial charge in [-0.25, -0.2) is 9.97 Å². The third-order valence-corrected chi connectivity index (χ3v) is 2.34. The monoisotopic (exact) mass is 208 g/mol. The molecule has 1 rings (SSSR count). The maximum absolute atomic E-state index is 4.24. The van der Waals surface area contributed by atoms with E-state index in [9.17, 15) is 0 Å². The fraction of sp³-hybridized carbons (Fsp3) is 0.636. The number of hydrogen-bond donors (Lipinski definition) is 1.